The molecule has 0 bridgehead atoms. The summed E-state index contributed by atoms with van der Waals surface area (Å²) in [6.45, 7) is 0. The lowest BCUT2D eigenvalue weighted by Gasteiger charge is -2.07. The fourth-order valence-electron chi connectivity index (χ4n) is 2.92. The summed E-state index contributed by atoms with van der Waals surface area (Å²) >= 11 is 5.70. The first-order valence-electron chi connectivity index (χ1n) is 9.67. The molecule has 2 heterocycles. The Balaban J connectivity index is 1.52. The number of hydrogen-bond acceptors (Lipinski definition) is 7. The zero-order valence-electron chi connectivity index (χ0n) is 17.2. The summed E-state index contributed by atoms with van der Waals surface area (Å²) in [4.78, 5) is 41.3. The van der Waals surface area contributed by atoms with E-state index in [0.717, 1.165) is 15.3 Å². The number of hydrogen-bond donors (Lipinski definition) is 1. The molecule has 1 amide bonds. The average Bonchev–Trinajstić information content (AvgIpc) is 3.28. The fraction of sp³-hybridized carbons (Fsp3) is 0.143. The molecule has 0 aliphatic heterocycles. The molecule has 1 N–H and O–H groups in total. The Labute approximate surface area is 190 Å². The number of rotatable bonds is 6. The van der Waals surface area contributed by atoms with Gasteiger partial charge in [-0.25, -0.2) is 9.18 Å². The molecule has 168 valence electrons. The minimum atomic E-state index is -0.689. The van der Waals surface area contributed by atoms with E-state index in [1.54, 1.807) is 30.3 Å². The van der Waals surface area contributed by atoms with Crippen molar-refractivity contribution in [1.29, 1.82) is 0 Å². The summed E-state index contributed by atoms with van der Waals surface area (Å²) in [5.74, 6) is -0.991. The highest BCUT2D eigenvalue weighted by atomic mass is 35.5. The van der Waals surface area contributed by atoms with Crippen molar-refractivity contribution in [1.82, 2.24) is 24.5 Å². The largest absolute Gasteiger partial charge is 0.351 e. The summed E-state index contributed by atoms with van der Waals surface area (Å²) < 4.78 is 20.3. The van der Waals surface area contributed by atoms with E-state index in [1.807, 2.05) is 0 Å². The molecular weight excluding hydrogens is 455 g/mol. The van der Waals surface area contributed by atoms with Gasteiger partial charge >= 0.3 is 5.69 Å². The van der Waals surface area contributed by atoms with Gasteiger partial charge in [0.25, 0.3) is 5.56 Å². The van der Waals surface area contributed by atoms with Gasteiger partial charge in [0.1, 0.15) is 5.82 Å². The third kappa shape index (κ3) is 4.72. The second-order valence-corrected chi connectivity index (χ2v) is 7.34. The van der Waals surface area contributed by atoms with Gasteiger partial charge in [-0.1, -0.05) is 35.0 Å². The van der Waals surface area contributed by atoms with Gasteiger partial charge < -0.3 is 9.84 Å². The number of aryl methyl sites for hydroxylation is 1. The number of anilines is 1. The first-order chi connectivity index (χ1) is 15.8. The Hall–Kier alpha value is -4.12. The molecule has 0 fully saturated rings. The van der Waals surface area contributed by atoms with Crippen molar-refractivity contribution in [3.63, 3.8) is 0 Å². The lowest BCUT2D eigenvalue weighted by atomic mass is 10.2. The number of halogens is 2. The number of nitrogens with one attached hydrogen (secondary N) is 1. The third-order valence-electron chi connectivity index (χ3n) is 4.63. The van der Waals surface area contributed by atoms with E-state index in [0.29, 0.717) is 11.4 Å². The van der Waals surface area contributed by atoms with E-state index in [2.05, 4.69) is 20.6 Å². The van der Waals surface area contributed by atoms with Crippen molar-refractivity contribution in [2.75, 3.05) is 5.32 Å². The molecular formula is C21H16ClFN6O4. The number of nitrogens with zero attached hydrogens (tertiary/aromatic N) is 5. The van der Waals surface area contributed by atoms with Crippen LogP contribution in [0.25, 0.3) is 17.2 Å². The molecule has 2 aromatic carbocycles. The maximum Gasteiger partial charge on any atom is 0.351 e. The molecule has 4 rings (SSSR count). The average molecular weight is 471 g/mol. The van der Waals surface area contributed by atoms with Gasteiger partial charge in [0.05, 0.1) is 10.7 Å². The van der Waals surface area contributed by atoms with Crippen molar-refractivity contribution in [3.05, 3.63) is 86.1 Å². The van der Waals surface area contributed by atoms with Crippen molar-refractivity contribution in [3.8, 4) is 17.2 Å². The standard InChI is InChI=1S/C21H16ClFN6O4/c1-28-20(31)18(26-29(21(28)32)13-5-3-2-4-6-13)19-25-17(33-27-19)10-9-16(30)24-12-7-8-15(23)14(22)11-12/h2-8,11H,9-10H2,1H3,(H,24,30). The predicted molar refractivity (Wildman–Crippen MR) is 117 cm³/mol. The third-order valence-corrected chi connectivity index (χ3v) is 4.91. The van der Waals surface area contributed by atoms with Gasteiger partial charge in [-0.15, -0.1) is 0 Å². The Bertz CT molecular complexity index is 1450. The highest BCUT2D eigenvalue weighted by Crippen LogP contribution is 2.19. The molecule has 12 heteroatoms. The topological polar surface area (TPSA) is 125 Å². The van der Waals surface area contributed by atoms with E-state index in [4.69, 9.17) is 16.1 Å². The van der Waals surface area contributed by atoms with Crippen LogP contribution in [0.3, 0.4) is 0 Å². The molecule has 0 aliphatic rings. The van der Waals surface area contributed by atoms with Gasteiger partial charge in [0.15, 0.2) is 5.69 Å². The molecule has 0 aliphatic carbocycles. The van der Waals surface area contributed by atoms with Gasteiger partial charge in [0, 0.05) is 25.6 Å². The fourth-order valence-corrected chi connectivity index (χ4v) is 3.10. The predicted octanol–water partition coefficient (Wildman–Crippen LogP) is 2.35. The Morgan fingerprint density at radius 3 is 2.67 bits per heavy atom. The zero-order valence-corrected chi connectivity index (χ0v) is 17.9. The SMILES string of the molecule is Cn1c(=O)c(-c2noc(CCC(=O)Nc3ccc(F)c(Cl)c3)n2)nn(-c2ccccc2)c1=O. The Kier molecular flexibility index (Phi) is 6.13. The van der Waals surface area contributed by atoms with Crippen LogP contribution < -0.4 is 16.6 Å². The molecule has 0 unspecified atom stereocenters. The van der Waals surface area contributed by atoms with Crippen LogP contribution in [0.2, 0.25) is 5.02 Å². The molecule has 33 heavy (non-hydrogen) atoms. The molecule has 0 atom stereocenters. The van der Waals surface area contributed by atoms with Crippen LogP contribution in [0.15, 0.2) is 62.6 Å². The second-order valence-electron chi connectivity index (χ2n) is 6.93. The van der Waals surface area contributed by atoms with Crippen LogP contribution in [0.5, 0.6) is 0 Å². The molecule has 4 aromatic rings. The quantitative estimate of drug-likeness (QED) is 0.458. The smallest absolute Gasteiger partial charge is 0.339 e. The number of carbonyl (C=O) groups is 1. The van der Waals surface area contributed by atoms with Crippen molar-refractivity contribution in [2.24, 2.45) is 7.05 Å². The van der Waals surface area contributed by atoms with Gasteiger partial charge in [-0.2, -0.15) is 14.8 Å². The van der Waals surface area contributed by atoms with Crippen molar-refractivity contribution in [2.45, 2.75) is 12.8 Å². The van der Waals surface area contributed by atoms with E-state index in [-0.39, 0.29) is 41.2 Å². The highest BCUT2D eigenvalue weighted by Gasteiger charge is 2.19. The van der Waals surface area contributed by atoms with Crippen LogP contribution in [0.4, 0.5) is 10.1 Å². The number of para-hydroxylation sites is 1. The number of aromatic nitrogens is 5. The van der Waals surface area contributed by atoms with E-state index < -0.39 is 17.1 Å². The zero-order chi connectivity index (χ0) is 23.5. The van der Waals surface area contributed by atoms with Gasteiger partial charge in [0.2, 0.25) is 17.6 Å². The maximum absolute atomic E-state index is 13.2. The lowest BCUT2D eigenvalue weighted by molar-refractivity contribution is -0.116. The summed E-state index contributed by atoms with van der Waals surface area (Å²) in [7, 11) is 1.32. The first-order valence-corrected chi connectivity index (χ1v) is 10.0. The summed E-state index contributed by atoms with van der Waals surface area (Å²) in [5.41, 5.74) is -0.697. The summed E-state index contributed by atoms with van der Waals surface area (Å²) in [6, 6.07) is 12.4. The van der Waals surface area contributed by atoms with Crippen LogP contribution in [-0.4, -0.2) is 30.4 Å². The molecule has 0 spiro atoms. The van der Waals surface area contributed by atoms with Crippen LogP contribution in [0, 0.1) is 5.82 Å². The van der Waals surface area contributed by atoms with E-state index in [9.17, 15) is 18.8 Å². The van der Waals surface area contributed by atoms with Crippen LogP contribution in [0.1, 0.15) is 12.3 Å². The highest BCUT2D eigenvalue weighted by molar-refractivity contribution is 6.31. The molecule has 0 saturated carbocycles. The van der Waals surface area contributed by atoms with Gasteiger partial charge in [-0.05, 0) is 30.3 Å². The molecule has 0 radical (unpaired) electrons. The first kappa shape index (κ1) is 22.1. The van der Waals surface area contributed by atoms with E-state index in [1.165, 1.54) is 19.2 Å². The number of amides is 1. The Morgan fingerprint density at radius 2 is 1.94 bits per heavy atom. The number of carbonyl (C=O) groups excluding carboxylic acids is 1. The minimum Gasteiger partial charge on any atom is -0.339 e. The lowest BCUT2D eigenvalue weighted by Crippen LogP contribution is -2.40. The monoisotopic (exact) mass is 470 g/mol. The Morgan fingerprint density at radius 1 is 1.18 bits per heavy atom. The maximum atomic E-state index is 13.2. The molecule has 10 nitrogen and oxygen atoms in total. The van der Waals surface area contributed by atoms with Crippen LogP contribution >= 0.6 is 11.6 Å². The van der Waals surface area contributed by atoms with Crippen LogP contribution in [-0.2, 0) is 18.3 Å². The van der Waals surface area contributed by atoms with E-state index >= 15 is 0 Å². The summed E-state index contributed by atoms with van der Waals surface area (Å²) in [5, 5.41) is 10.4. The molecule has 2 aromatic heterocycles. The minimum absolute atomic E-state index is 0.0222. The van der Waals surface area contributed by atoms with Gasteiger partial charge in [-0.3, -0.25) is 14.2 Å². The number of benzene rings is 2. The normalized spacial score (nSPS) is 10.9. The van der Waals surface area contributed by atoms with Crippen molar-refractivity contribution < 1.29 is 13.7 Å². The molecule has 0 saturated heterocycles. The van der Waals surface area contributed by atoms with Crippen molar-refractivity contribution >= 4 is 23.2 Å². The summed E-state index contributed by atoms with van der Waals surface area (Å²) in [6.07, 6.45) is 0.0536. The second kappa shape index (κ2) is 9.17.